The number of aliphatic hydroxyl groups excluding tert-OH is 1. The van der Waals surface area contributed by atoms with Gasteiger partial charge in [-0.25, -0.2) is 0 Å². The van der Waals surface area contributed by atoms with Gasteiger partial charge in [0.1, 0.15) is 12.4 Å². The van der Waals surface area contributed by atoms with Crippen molar-refractivity contribution in [3.8, 4) is 5.75 Å². The quantitative estimate of drug-likeness (QED) is 0.888. The highest BCUT2D eigenvalue weighted by Crippen LogP contribution is 2.19. The molecule has 0 saturated carbocycles. The van der Waals surface area contributed by atoms with Crippen LogP contribution < -0.4 is 10.1 Å². The van der Waals surface area contributed by atoms with Crippen molar-refractivity contribution >= 4 is 11.6 Å². The van der Waals surface area contributed by atoms with Gasteiger partial charge >= 0.3 is 0 Å². The van der Waals surface area contributed by atoms with Crippen LogP contribution in [-0.4, -0.2) is 34.0 Å². The number of amides is 1. The van der Waals surface area contributed by atoms with Crippen molar-refractivity contribution in [1.29, 1.82) is 0 Å². The second-order valence-electron chi connectivity index (χ2n) is 6.30. The van der Waals surface area contributed by atoms with Crippen molar-refractivity contribution in [2.75, 3.05) is 18.5 Å². The predicted molar refractivity (Wildman–Crippen MR) is 88.9 cm³/mol. The molecule has 0 aliphatic heterocycles. The van der Waals surface area contributed by atoms with Crippen LogP contribution in [0.2, 0.25) is 0 Å². The third-order valence-corrected chi connectivity index (χ3v) is 3.23. The lowest BCUT2D eigenvalue weighted by Gasteiger charge is -2.21. The van der Waals surface area contributed by atoms with Gasteiger partial charge in [0.15, 0.2) is 5.69 Å². The molecule has 23 heavy (non-hydrogen) atoms. The fourth-order valence-corrected chi connectivity index (χ4v) is 2.26. The summed E-state index contributed by atoms with van der Waals surface area (Å²) in [6.45, 7) is 8.27. The Morgan fingerprint density at radius 1 is 1.30 bits per heavy atom. The van der Waals surface area contributed by atoms with Crippen molar-refractivity contribution < 1.29 is 14.6 Å². The molecular weight excluding hydrogens is 294 g/mol. The highest BCUT2D eigenvalue weighted by atomic mass is 16.5. The minimum absolute atomic E-state index is 0.0335. The standard InChI is InChI=1S/C17H23N3O3/c1-12-11-15(19-20(12)17(2,3)4)16(22)18-13-5-7-14(8-6-13)23-10-9-21/h5-8,11,21H,9-10H2,1-4H3,(H,18,22). The van der Waals surface area contributed by atoms with E-state index < -0.39 is 0 Å². The number of nitrogens with one attached hydrogen (secondary N) is 1. The van der Waals surface area contributed by atoms with Crippen LogP contribution in [0.15, 0.2) is 30.3 Å². The van der Waals surface area contributed by atoms with Gasteiger partial charge in [-0.05, 0) is 58.0 Å². The summed E-state index contributed by atoms with van der Waals surface area (Å²) in [6.07, 6.45) is 0. The molecule has 6 heteroatoms. The Hall–Kier alpha value is -2.34. The van der Waals surface area contributed by atoms with E-state index in [1.165, 1.54) is 0 Å². The molecule has 0 aliphatic rings. The van der Waals surface area contributed by atoms with Gasteiger partial charge in [-0.15, -0.1) is 0 Å². The van der Waals surface area contributed by atoms with E-state index in [-0.39, 0.29) is 24.7 Å². The number of nitrogens with zero attached hydrogens (tertiary/aromatic N) is 2. The molecule has 1 heterocycles. The lowest BCUT2D eigenvalue weighted by Crippen LogP contribution is -2.25. The number of rotatable bonds is 5. The van der Waals surface area contributed by atoms with Crippen LogP contribution in [0.3, 0.4) is 0 Å². The Balaban J connectivity index is 2.07. The summed E-state index contributed by atoms with van der Waals surface area (Å²) in [5.74, 6) is 0.394. The number of carbonyl (C=O) groups is 1. The number of aryl methyl sites for hydroxylation is 1. The zero-order chi connectivity index (χ0) is 17.0. The molecule has 0 radical (unpaired) electrons. The van der Waals surface area contributed by atoms with Gasteiger partial charge in [-0.3, -0.25) is 9.48 Å². The molecule has 0 atom stereocenters. The van der Waals surface area contributed by atoms with E-state index in [0.717, 1.165) is 5.69 Å². The lowest BCUT2D eigenvalue weighted by atomic mass is 10.1. The fourth-order valence-electron chi connectivity index (χ4n) is 2.26. The second kappa shape index (κ2) is 6.83. The van der Waals surface area contributed by atoms with Crippen molar-refractivity contribution in [2.24, 2.45) is 0 Å². The second-order valence-corrected chi connectivity index (χ2v) is 6.30. The number of ether oxygens (including phenoxy) is 1. The third-order valence-electron chi connectivity index (χ3n) is 3.23. The molecular formula is C17H23N3O3. The molecule has 0 aliphatic carbocycles. The maximum absolute atomic E-state index is 12.3. The van der Waals surface area contributed by atoms with Crippen LogP contribution >= 0.6 is 0 Å². The van der Waals surface area contributed by atoms with Crippen LogP contribution in [0.25, 0.3) is 0 Å². The van der Waals surface area contributed by atoms with E-state index in [1.807, 2.05) is 32.4 Å². The van der Waals surface area contributed by atoms with Gasteiger partial charge in [0.25, 0.3) is 5.91 Å². The van der Waals surface area contributed by atoms with Crippen LogP contribution in [0.4, 0.5) is 5.69 Å². The Labute approximate surface area is 136 Å². The molecule has 1 aromatic heterocycles. The Bertz CT molecular complexity index is 669. The SMILES string of the molecule is Cc1cc(C(=O)Nc2ccc(OCCO)cc2)nn1C(C)(C)C. The summed E-state index contributed by atoms with van der Waals surface area (Å²) in [5, 5.41) is 15.9. The van der Waals surface area contributed by atoms with Crippen LogP contribution in [0.1, 0.15) is 37.0 Å². The molecule has 2 rings (SSSR count). The van der Waals surface area contributed by atoms with Crippen LogP contribution in [0, 0.1) is 6.92 Å². The number of anilines is 1. The van der Waals surface area contributed by atoms with Crippen LogP contribution in [-0.2, 0) is 5.54 Å². The van der Waals surface area contributed by atoms with Crippen molar-refractivity contribution in [3.05, 3.63) is 41.7 Å². The molecule has 0 spiro atoms. The molecule has 0 bridgehead atoms. The monoisotopic (exact) mass is 317 g/mol. The zero-order valence-corrected chi connectivity index (χ0v) is 14.0. The number of hydrogen-bond acceptors (Lipinski definition) is 4. The van der Waals surface area contributed by atoms with Gasteiger partial charge in [0.05, 0.1) is 12.1 Å². The third kappa shape index (κ3) is 4.32. The van der Waals surface area contributed by atoms with Gasteiger partial charge in [-0.1, -0.05) is 0 Å². The average molecular weight is 317 g/mol. The van der Waals surface area contributed by atoms with E-state index in [4.69, 9.17) is 9.84 Å². The summed E-state index contributed by atoms with van der Waals surface area (Å²) in [7, 11) is 0. The number of benzene rings is 1. The van der Waals surface area contributed by atoms with E-state index in [0.29, 0.717) is 17.1 Å². The van der Waals surface area contributed by atoms with Crippen LogP contribution in [0.5, 0.6) is 5.75 Å². The summed E-state index contributed by atoms with van der Waals surface area (Å²) in [6, 6.07) is 8.75. The first-order valence-corrected chi connectivity index (χ1v) is 7.53. The highest BCUT2D eigenvalue weighted by molar-refractivity contribution is 6.02. The van der Waals surface area contributed by atoms with Crippen molar-refractivity contribution in [3.63, 3.8) is 0 Å². The van der Waals surface area contributed by atoms with Gasteiger partial charge in [0, 0.05) is 11.4 Å². The first-order valence-electron chi connectivity index (χ1n) is 7.53. The maximum atomic E-state index is 12.3. The topological polar surface area (TPSA) is 76.4 Å². The van der Waals surface area contributed by atoms with E-state index in [9.17, 15) is 4.79 Å². The summed E-state index contributed by atoms with van der Waals surface area (Å²) in [5.41, 5.74) is 1.82. The normalized spacial score (nSPS) is 11.3. The smallest absolute Gasteiger partial charge is 0.276 e. The fraction of sp³-hybridized carbons (Fsp3) is 0.412. The molecule has 0 unspecified atom stereocenters. The summed E-state index contributed by atoms with van der Waals surface area (Å²) >= 11 is 0. The lowest BCUT2D eigenvalue weighted by molar-refractivity contribution is 0.102. The number of aromatic nitrogens is 2. The molecule has 124 valence electrons. The average Bonchev–Trinajstić information content (AvgIpc) is 2.89. The van der Waals surface area contributed by atoms with Gasteiger partial charge < -0.3 is 15.2 Å². The predicted octanol–water partition coefficient (Wildman–Crippen LogP) is 2.57. The van der Waals surface area contributed by atoms with E-state index >= 15 is 0 Å². The molecule has 0 saturated heterocycles. The Morgan fingerprint density at radius 2 is 1.96 bits per heavy atom. The maximum Gasteiger partial charge on any atom is 0.276 e. The highest BCUT2D eigenvalue weighted by Gasteiger charge is 2.20. The van der Waals surface area contributed by atoms with E-state index in [1.54, 1.807) is 30.3 Å². The largest absolute Gasteiger partial charge is 0.491 e. The number of hydrogen-bond donors (Lipinski definition) is 2. The molecule has 6 nitrogen and oxygen atoms in total. The molecule has 1 amide bonds. The van der Waals surface area contributed by atoms with Gasteiger partial charge in [-0.2, -0.15) is 5.10 Å². The first-order chi connectivity index (χ1) is 10.8. The summed E-state index contributed by atoms with van der Waals surface area (Å²) < 4.78 is 7.12. The molecule has 2 N–H and O–H groups in total. The zero-order valence-electron chi connectivity index (χ0n) is 14.0. The minimum Gasteiger partial charge on any atom is -0.491 e. The van der Waals surface area contributed by atoms with E-state index in [2.05, 4.69) is 10.4 Å². The van der Waals surface area contributed by atoms with Crippen molar-refractivity contribution in [1.82, 2.24) is 9.78 Å². The molecule has 1 aromatic carbocycles. The Morgan fingerprint density at radius 3 is 2.48 bits per heavy atom. The number of carbonyl (C=O) groups excluding carboxylic acids is 1. The van der Waals surface area contributed by atoms with Gasteiger partial charge in [0.2, 0.25) is 0 Å². The number of aliphatic hydroxyl groups is 1. The summed E-state index contributed by atoms with van der Waals surface area (Å²) in [4.78, 5) is 12.3. The Kier molecular flexibility index (Phi) is 5.05. The van der Waals surface area contributed by atoms with Crippen molar-refractivity contribution in [2.45, 2.75) is 33.2 Å². The molecule has 0 fully saturated rings. The first kappa shape index (κ1) is 17.0. The molecule has 2 aromatic rings. The minimum atomic E-state index is -0.250.